The highest BCUT2D eigenvalue weighted by Crippen LogP contribution is 2.11. The standard InChI is InChI=1S/C13H14N6O6/c1-25-5-4-18-11(20)3-2-9(17-18)12(21)15-16-13(22)10-6-8(7-14-10)19(23)24/h2-3,6-7,14H,4-5H2,1H3,(H,15,21)(H,16,22). The summed E-state index contributed by atoms with van der Waals surface area (Å²) in [5.41, 5.74) is 3.28. The summed E-state index contributed by atoms with van der Waals surface area (Å²) in [7, 11) is 1.46. The highest BCUT2D eigenvalue weighted by atomic mass is 16.6. The second-order valence-electron chi connectivity index (χ2n) is 4.71. The Hall–Kier alpha value is -3.54. The van der Waals surface area contributed by atoms with Gasteiger partial charge in [0.05, 0.1) is 24.3 Å². The molecular weight excluding hydrogens is 336 g/mol. The first-order valence-corrected chi connectivity index (χ1v) is 6.93. The second kappa shape index (κ2) is 7.83. The van der Waals surface area contributed by atoms with E-state index in [2.05, 4.69) is 20.9 Å². The summed E-state index contributed by atoms with van der Waals surface area (Å²) in [4.78, 5) is 47.7. The molecular formula is C13H14N6O6. The summed E-state index contributed by atoms with van der Waals surface area (Å²) >= 11 is 0. The molecule has 2 amide bonds. The lowest BCUT2D eigenvalue weighted by Crippen LogP contribution is -2.42. The highest BCUT2D eigenvalue weighted by molar-refractivity contribution is 5.97. The van der Waals surface area contributed by atoms with Gasteiger partial charge in [-0.3, -0.25) is 35.3 Å². The van der Waals surface area contributed by atoms with Gasteiger partial charge in [-0.25, -0.2) is 4.68 Å². The van der Waals surface area contributed by atoms with Gasteiger partial charge in [0.1, 0.15) is 5.69 Å². The van der Waals surface area contributed by atoms with Gasteiger partial charge >= 0.3 is 0 Å². The number of aromatic nitrogens is 3. The van der Waals surface area contributed by atoms with Gasteiger partial charge in [-0.05, 0) is 6.07 Å². The highest BCUT2D eigenvalue weighted by Gasteiger charge is 2.16. The maximum absolute atomic E-state index is 12.0. The zero-order chi connectivity index (χ0) is 18.4. The molecule has 3 N–H and O–H groups in total. The first-order chi connectivity index (χ1) is 11.9. The van der Waals surface area contributed by atoms with Crippen LogP contribution in [0.1, 0.15) is 21.0 Å². The Balaban J connectivity index is 2.00. The molecule has 0 bridgehead atoms. The number of ether oxygens (including phenoxy) is 1. The van der Waals surface area contributed by atoms with Crippen LogP contribution in [0.25, 0.3) is 0 Å². The third-order valence-corrected chi connectivity index (χ3v) is 3.02. The van der Waals surface area contributed by atoms with Crippen LogP contribution >= 0.6 is 0 Å². The van der Waals surface area contributed by atoms with E-state index >= 15 is 0 Å². The third-order valence-electron chi connectivity index (χ3n) is 3.02. The van der Waals surface area contributed by atoms with Gasteiger partial charge in [0, 0.05) is 19.2 Å². The molecule has 0 fully saturated rings. The Morgan fingerprint density at radius 3 is 2.72 bits per heavy atom. The number of nitrogens with one attached hydrogen (secondary N) is 3. The molecule has 12 heteroatoms. The summed E-state index contributed by atoms with van der Waals surface area (Å²) in [6, 6.07) is 3.38. The molecule has 0 radical (unpaired) electrons. The molecule has 0 saturated heterocycles. The monoisotopic (exact) mass is 350 g/mol. The first kappa shape index (κ1) is 17.8. The number of H-pyrrole nitrogens is 1. The Morgan fingerprint density at radius 2 is 2.08 bits per heavy atom. The van der Waals surface area contributed by atoms with Gasteiger partial charge in [-0.1, -0.05) is 0 Å². The van der Waals surface area contributed by atoms with Crippen molar-refractivity contribution >= 4 is 17.5 Å². The maximum Gasteiger partial charge on any atom is 0.290 e. The molecule has 0 saturated carbocycles. The molecule has 2 rings (SSSR count). The topological polar surface area (TPSA) is 161 Å². The number of nitro groups is 1. The van der Waals surface area contributed by atoms with E-state index < -0.39 is 22.3 Å². The fourth-order valence-corrected chi connectivity index (χ4v) is 1.77. The minimum atomic E-state index is -0.783. The molecule has 0 spiro atoms. The van der Waals surface area contributed by atoms with Crippen molar-refractivity contribution in [2.24, 2.45) is 0 Å². The van der Waals surface area contributed by atoms with Crippen molar-refractivity contribution in [1.29, 1.82) is 0 Å². The molecule has 12 nitrogen and oxygen atoms in total. The van der Waals surface area contributed by atoms with Gasteiger partial charge in [0.25, 0.3) is 23.1 Å². The zero-order valence-corrected chi connectivity index (χ0v) is 13.0. The van der Waals surface area contributed by atoms with E-state index in [0.717, 1.165) is 23.0 Å². The molecule has 0 aliphatic rings. The molecule has 2 aromatic rings. The normalized spacial score (nSPS) is 10.3. The van der Waals surface area contributed by atoms with E-state index in [1.54, 1.807) is 0 Å². The number of aromatic amines is 1. The second-order valence-corrected chi connectivity index (χ2v) is 4.71. The van der Waals surface area contributed by atoms with Crippen molar-refractivity contribution in [3.8, 4) is 0 Å². The summed E-state index contributed by atoms with van der Waals surface area (Å²) in [6.07, 6.45) is 1.05. The zero-order valence-electron chi connectivity index (χ0n) is 13.0. The van der Waals surface area contributed by atoms with Crippen molar-refractivity contribution < 1.29 is 19.2 Å². The van der Waals surface area contributed by atoms with Crippen LogP contribution in [0.5, 0.6) is 0 Å². The summed E-state index contributed by atoms with van der Waals surface area (Å²) in [5, 5.41) is 14.4. The molecule has 2 aromatic heterocycles. The van der Waals surface area contributed by atoms with Crippen LogP contribution in [-0.4, -0.2) is 45.2 Å². The number of hydrogen-bond donors (Lipinski definition) is 3. The van der Waals surface area contributed by atoms with Crippen molar-refractivity contribution in [2.75, 3.05) is 13.7 Å². The number of carbonyl (C=O) groups is 2. The third kappa shape index (κ3) is 4.48. The van der Waals surface area contributed by atoms with E-state index in [0.29, 0.717) is 0 Å². The molecule has 0 atom stereocenters. The Labute approximate surface area is 139 Å². The average molecular weight is 350 g/mol. The van der Waals surface area contributed by atoms with E-state index in [-0.39, 0.29) is 30.2 Å². The number of hydrazine groups is 1. The predicted octanol–water partition coefficient (Wildman–Crippen LogP) is -0.799. The predicted molar refractivity (Wildman–Crippen MR) is 82.8 cm³/mol. The fraction of sp³-hybridized carbons (Fsp3) is 0.231. The van der Waals surface area contributed by atoms with Crippen molar-refractivity contribution in [3.63, 3.8) is 0 Å². The van der Waals surface area contributed by atoms with Crippen LogP contribution in [0.2, 0.25) is 0 Å². The molecule has 0 aromatic carbocycles. The fourth-order valence-electron chi connectivity index (χ4n) is 1.77. The molecule has 2 heterocycles. The van der Waals surface area contributed by atoms with Gasteiger partial charge in [0.15, 0.2) is 5.69 Å². The van der Waals surface area contributed by atoms with Crippen molar-refractivity contribution in [1.82, 2.24) is 25.6 Å². The first-order valence-electron chi connectivity index (χ1n) is 6.93. The number of nitrogens with zero attached hydrogens (tertiary/aromatic N) is 3. The Morgan fingerprint density at radius 1 is 1.36 bits per heavy atom. The lowest BCUT2D eigenvalue weighted by molar-refractivity contribution is -0.384. The molecule has 25 heavy (non-hydrogen) atoms. The van der Waals surface area contributed by atoms with E-state index in [4.69, 9.17) is 4.74 Å². The Bertz CT molecular complexity index is 857. The summed E-state index contributed by atoms with van der Waals surface area (Å²) in [5.74, 6) is -1.55. The number of methoxy groups -OCH3 is 1. The van der Waals surface area contributed by atoms with E-state index in [9.17, 15) is 24.5 Å². The Kier molecular flexibility index (Phi) is 5.58. The molecule has 0 unspecified atom stereocenters. The smallest absolute Gasteiger partial charge is 0.290 e. The van der Waals surface area contributed by atoms with Gasteiger partial charge in [0.2, 0.25) is 0 Å². The van der Waals surface area contributed by atoms with Crippen LogP contribution in [0, 0.1) is 10.1 Å². The van der Waals surface area contributed by atoms with Gasteiger partial charge < -0.3 is 9.72 Å². The van der Waals surface area contributed by atoms with Crippen LogP contribution in [-0.2, 0) is 11.3 Å². The van der Waals surface area contributed by atoms with Crippen LogP contribution in [0.15, 0.2) is 29.2 Å². The van der Waals surface area contributed by atoms with E-state index in [1.807, 2.05) is 0 Å². The minimum absolute atomic E-state index is 0.103. The summed E-state index contributed by atoms with van der Waals surface area (Å²) < 4.78 is 5.89. The van der Waals surface area contributed by atoms with Crippen LogP contribution in [0.4, 0.5) is 5.69 Å². The van der Waals surface area contributed by atoms with Crippen molar-refractivity contribution in [2.45, 2.75) is 6.54 Å². The van der Waals surface area contributed by atoms with Gasteiger partial charge in [-0.15, -0.1) is 0 Å². The number of carbonyl (C=O) groups excluding carboxylic acids is 2. The van der Waals surface area contributed by atoms with Crippen LogP contribution < -0.4 is 16.4 Å². The van der Waals surface area contributed by atoms with Crippen LogP contribution in [0.3, 0.4) is 0 Å². The summed E-state index contributed by atoms with van der Waals surface area (Å²) in [6.45, 7) is 0.398. The lowest BCUT2D eigenvalue weighted by Gasteiger charge is -2.08. The van der Waals surface area contributed by atoms with Crippen molar-refractivity contribution in [3.05, 3.63) is 56.3 Å². The average Bonchev–Trinajstić information content (AvgIpc) is 3.09. The van der Waals surface area contributed by atoms with E-state index in [1.165, 1.54) is 13.2 Å². The number of hydrogen-bond acceptors (Lipinski definition) is 7. The molecule has 132 valence electrons. The van der Waals surface area contributed by atoms with Gasteiger partial charge in [-0.2, -0.15) is 5.10 Å². The number of rotatable bonds is 6. The maximum atomic E-state index is 12.0. The minimum Gasteiger partial charge on any atom is -0.383 e. The molecule has 0 aliphatic carbocycles. The largest absolute Gasteiger partial charge is 0.383 e. The SMILES string of the molecule is COCCn1nc(C(=O)NNC(=O)c2cc([N+](=O)[O-])c[nH]2)ccc1=O. The molecule has 0 aliphatic heterocycles. The quantitative estimate of drug-likeness (QED) is 0.454. The lowest BCUT2D eigenvalue weighted by atomic mass is 10.3. The number of amides is 2.